The smallest absolute Gasteiger partial charge is 0.317 e. The first kappa shape index (κ1) is 9.32. The van der Waals surface area contributed by atoms with Gasteiger partial charge in [-0.2, -0.15) is 0 Å². The number of urea groups is 1. The molecule has 1 aliphatic carbocycles. The van der Waals surface area contributed by atoms with Gasteiger partial charge >= 0.3 is 6.03 Å². The Kier molecular flexibility index (Phi) is 2.92. The van der Waals surface area contributed by atoms with Crippen molar-refractivity contribution in [3.8, 4) is 0 Å². The van der Waals surface area contributed by atoms with Crippen LogP contribution < -0.4 is 11.1 Å². The van der Waals surface area contributed by atoms with Gasteiger partial charge in [0.05, 0.1) is 0 Å². The Morgan fingerprint density at radius 2 is 2.08 bits per heavy atom. The molecule has 0 aromatic rings. The van der Waals surface area contributed by atoms with Gasteiger partial charge in [0.2, 0.25) is 0 Å². The number of rotatable bonds is 3. The van der Waals surface area contributed by atoms with Gasteiger partial charge in [-0.15, -0.1) is 0 Å². The van der Waals surface area contributed by atoms with Gasteiger partial charge in [0.15, 0.2) is 0 Å². The molecule has 1 rings (SSSR count). The summed E-state index contributed by atoms with van der Waals surface area (Å²) < 4.78 is 0. The molecular weight excluding hydrogens is 154 g/mol. The van der Waals surface area contributed by atoms with Gasteiger partial charge in [-0.05, 0) is 20.3 Å². The van der Waals surface area contributed by atoms with Crippen LogP contribution in [0, 0.1) is 0 Å². The minimum absolute atomic E-state index is 0.0120. The normalized spacial score (nSPS) is 26.6. The van der Waals surface area contributed by atoms with Gasteiger partial charge in [0.1, 0.15) is 0 Å². The van der Waals surface area contributed by atoms with Crippen molar-refractivity contribution in [3.63, 3.8) is 0 Å². The molecule has 0 aromatic carbocycles. The van der Waals surface area contributed by atoms with Crippen LogP contribution in [-0.4, -0.2) is 36.1 Å². The van der Waals surface area contributed by atoms with Crippen LogP contribution in [0.2, 0.25) is 0 Å². The largest absolute Gasteiger partial charge is 0.334 e. The van der Waals surface area contributed by atoms with E-state index in [4.69, 9.17) is 5.73 Å². The van der Waals surface area contributed by atoms with E-state index in [-0.39, 0.29) is 18.1 Å². The average Bonchev–Trinajstić information content (AvgIpc) is 2.69. The fourth-order valence-electron chi connectivity index (χ4n) is 1.14. The molecule has 12 heavy (non-hydrogen) atoms. The van der Waals surface area contributed by atoms with Crippen LogP contribution in [0.4, 0.5) is 4.79 Å². The SMILES string of the molecule is CCN(CC)C(=O)NC1CC1N. The third-order valence-corrected chi connectivity index (χ3v) is 2.20. The first-order valence-corrected chi connectivity index (χ1v) is 4.50. The van der Waals surface area contributed by atoms with E-state index in [9.17, 15) is 4.79 Å². The Morgan fingerprint density at radius 1 is 1.58 bits per heavy atom. The second kappa shape index (κ2) is 3.76. The zero-order valence-electron chi connectivity index (χ0n) is 7.71. The Morgan fingerprint density at radius 3 is 2.42 bits per heavy atom. The van der Waals surface area contributed by atoms with Gasteiger partial charge in [0, 0.05) is 25.2 Å². The zero-order valence-corrected chi connectivity index (χ0v) is 7.71. The molecule has 0 saturated heterocycles. The molecule has 0 aromatic heterocycles. The summed E-state index contributed by atoms with van der Waals surface area (Å²) in [6, 6.07) is 0.417. The molecule has 3 N–H and O–H groups in total. The molecule has 4 nitrogen and oxygen atoms in total. The quantitative estimate of drug-likeness (QED) is 0.634. The van der Waals surface area contributed by atoms with Crippen LogP contribution in [-0.2, 0) is 0 Å². The molecule has 4 heteroatoms. The second-order valence-electron chi connectivity index (χ2n) is 3.13. The van der Waals surface area contributed by atoms with Crippen molar-refractivity contribution in [2.75, 3.05) is 13.1 Å². The van der Waals surface area contributed by atoms with Gasteiger partial charge in [-0.3, -0.25) is 0 Å². The third-order valence-electron chi connectivity index (χ3n) is 2.20. The van der Waals surface area contributed by atoms with Crippen molar-refractivity contribution >= 4 is 6.03 Å². The average molecular weight is 171 g/mol. The minimum Gasteiger partial charge on any atom is -0.334 e. The molecule has 70 valence electrons. The van der Waals surface area contributed by atoms with Crippen molar-refractivity contribution in [3.05, 3.63) is 0 Å². The van der Waals surface area contributed by atoms with Crippen LogP contribution in [0.25, 0.3) is 0 Å². The van der Waals surface area contributed by atoms with Crippen LogP contribution in [0.1, 0.15) is 20.3 Å². The fraction of sp³-hybridized carbons (Fsp3) is 0.875. The fourth-order valence-corrected chi connectivity index (χ4v) is 1.14. The highest BCUT2D eigenvalue weighted by Gasteiger charge is 2.35. The van der Waals surface area contributed by atoms with E-state index in [2.05, 4.69) is 5.32 Å². The summed E-state index contributed by atoms with van der Waals surface area (Å²) in [6.45, 7) is 5.44. The molecule has 1 fully saturated rings. The van der Waals surface area contributed by atoms with Gasteiger partial charge in [0.25, 0.3) is 0 Å². The van der Waals surface area contributed by atoms with Crippen molar-refractivity contribution in [1.82, 2.24) is 10.2 Å². The molecular formula is C8H17N3O. The maximum atomic E-state index is 11.4. The van der Waals surface area contributed by atoms with Crippen molar-refractivity contribution < 1.29 is 4.79 Å². The highest BCUT2D eigenvalue weighted by atomic mass is 16.2. The van der Waals surface area contributed by atoms with Crippen molar-refractivity contribution in [2.45, 2.75) is 32.4 Å². The minimum atomic E-state index is 0.0120. The lowest BCUT2D eigenvalue weighted by atomic mass is 10.5. The second-order valence-corrected chi connectivity index (χ2v) is 3.13. The van der Waals surface area contributed by atoms with Gasteiger partial charge < -0.3 is 16.0 Å². The van der Waals surface area contributed by atoms with Crippen LogP contribution in [0.15, 0.2) is 0 Å². The standard InChI is InChI=1S/C8H17N3O/c1-3-11(4-2)8(12)10-7-5-6(7)9/h6-7H,3-5,9H2,1-2H3,(H,10,12). The molecule has 2 atom stereocenters. The number of carbonyl (C=O) groups excluding carboxylic acids is 1. The summed E-state index contributed by atoms with van der Waals surface area (Å²) in [7, 11) is 0. The van der Waals surface area contributed by atoms with E-state index in [0.29, 0.717) is 0 Å². The molecule has 0 bridgehead atoms. The Hall–Kier alpha value is -0.770. The Balaban J connectivity index is 2.26. The van der Waals surface area contributed by atoms with Crippen molar-refractivity contribution in [1.29, 1.82) is 0 Å². The van der Waals surface area contributed by atoms with Crippen molar-refractivity contribution in [2.24, 2.45) is 5.73 Å². The highest BCUT2D eigenvalue weighted by molar-refractivity contribution is 5.75. The van der Waals surface area contributed by atoms with Crippen LogP contribution in [0.5, 0.6) is 0 Å². The third kappa shape index (κ3) is 2.11. The topological polar surface area (TPSA) is 58.4 Å². The molecule has 0 heterocycles. The molecule has 2 unspecified atom stereocenters. The van der Waals surface area contributed by atoms with E-state index in [1.165, 1.54) is 0 Å². The number of nitrogens with zero attached hydrogens (tertiary/aromatic N) is 1. The van der Waals surface area contributed by atoms with E-state index in [0.717, 1.165) is 19.5 Å². The van der Waals surface area contributed by atoms with Crippen LogP contribution in [0.3, 0.4) is 0 Å². The zero-order chi connectivity index (χ0) is 9.14. The first-order valence-electron chi connectivity index (χ1n) is 4.50. The number of nitrogens with two attached hydrogens (primary N) is 1. The first-order chi connectivity index (χ1) is 5.69. The van der Waals surface area contributed by atoms with Crippen LogP contribution >= 0.6 is 0 Å². The molecule has 2 amide bonds. The van der Waals surface area contributed by atoms with Gasteiger partial charge in [-0.1, -0.05) is 0 Å². The Bertz CT molecular complexity index is 168. The number of hydrogen-bond acceptors (Lipinski definition) is 2. The molecule has 0 aliphatic heterocycles. The highest BCUT2D eigenvalue weighted by Crippen LogP contribution is 2.17. The summed E-state index contributed by atoms with van der Waals surface area (Å²) >= 11 is 0. The van der Waals surface area contributed by atoms with E-state index < -0.39 is 0 Å². The molecule has 0 radical (unpaired) electrons. The van der Waals surface area contributed by atoms with Gasteiger partial charge in [-0.25, -0.2) is 4.79 Å². The predicted octanol–water partition coefficient (Wildman–Crippen LogP) is 0.137. The maximum Gasteiger partial charge on any atom is 0.317 e. The number of nitrogens with one attached hydrogen (secondary N) is 1. The number of amides is 2. The summed E-state index contributed by atoms with van der Waals surface area (Å²) in [5.74, 6) is 0. The molecule has 1 aliphatic rings. The van der Waals surface area contributed by atoms with E-state index >= 15 is 0 Å². The van der Waals surface area contributed by atoms with E-state index in [1.807, 2.05) is 13.8 Å². The number of carbonyl (C=O) groups is 1. The Labute approximate surface area is 73.1 Å². The monoisotopic (exact) mass is 171 g/mol. The molecule has 0 spiro atoms. The summed E-state index contributed by atoms with van der Waals surface area (Å²) in [5.41, 5.74) is 5.56. The lowest BCUT2D eigenvalue weighted by Crippen LogP contribution is -2.42. The summed E-state index contributed by atoms with van der Waals surface area (Å²) in [4.78, 5) is 13.1. The summed E-state index contributed by atoms with van der Waals surface area (Å²) in [5, 5.41) is 2.87. The maximum absolute atomic E-state index is 11.4. The number of hydrogen-bond donors (Lipinski definition) is 2. The lowest BCUT2D eigenvalue weighted by molar-refractivity contribution is 0.202. The predicted molar refractivity (Wildman–Crippen MR) is 47.8 cm³/mol. The summed E-state index contributed by atoms with van der Waals surface area (Å²) in [6.07, 6.45) is 0.924. The van der Waals surface area contributed by atoms with E-state index in [1.54, 1.807) is 4.90 Å². The molecule has 1 saturated carbocycles. The lowest BCUT2D eigenvalue weighted by Gasteiger charge is -2.18.